The first-order valence-corrected chi connectivity index (χ1v) is 6.24. The summed E-state index contributed by atoms with van der Waals surface area (Å²) >= 11 is 0. The number of urea groups is 1. The van der Waals surface area contributed by atoms with Crippen LogP contribution in [-0.2, 0) is 0 Å². The summed E-state index contributed by atoms with van der Waals surface area (Å²) in [6.45, 7) is -0.395. The molecule has 5 nitrogen and oxygen atoms in total. The lowest BCUT2D eigenvalue weighted by molar-refractivity contribution is -0.0511. The molecule has 0 saturated heterocycles. The van der Waals surface area contributed by atoms with E-state index in [1.165, 1.54) is 25.3 Å². The minimum absolute atomic E-state index is 0.131. The number of hydrogen-bond acceptors (Lipinski definition) is 3. The normalized spacial score (nSPS) is 10.2. The van der Waals surface area contributed by atoms with E-state index in [9.17, 15) is 13.6 Å². The Labute approximate surface area is 116 Å². The highest BCUT2D eigenvalue weighted by Gasteiger charge is 2.12. The largest absolute Gasteiger partial charge is 0.493 e. The van der Waals surface area contributed by atoms with Crippen molar-refractivity contribution in [1.82, 2.24) is 5.32 Å². The SMILES string of the molecule is CCCCNC(=O)Nc1ccc(OC)c(OC(F)F)c1. The fourth-order valence-corrected chi connectivity index (χ4v) is 1.50. The van der Waals surface area contributed by atoms with Crippen LogP contribution in [0.3, 0.4) is 0 Å². The Bertz CT molecular complexity index is 442. The number of ether oxygens (including phenoxy) is 2. The van der Waals surface area contributed by atoms with Crippen molar-refractivity contribution in [1.29, 1.82) is 0 Å². The molecule has 0 spiro atoms. The number of carbonyl (C=O) groups excluding carboxylic acids is 1. The molecule has 2 N–H and O–H groups in total. The molecular weight excluding hydrogens is 270 g/mol. The summed E-state index contributed by atoms with van der Waals surface area (Å²) in [7, 11) is 1.35. The molecule has 1 aromatic carbocycles. The smallest absolute Gasteiger partial charge is 0.387 e. The van der Waals surface area contributed by atoms with E-state index in [4.69, 9.17) is 4.74 Å². The van der Waals surface area contributed by atoms with Crippen LogP contribution in [0.4, 0.5) is 19.3 Å². The van der Waals surface area contributed by atoms with Gasteiger partial charge in [-0.05, 0) is 18.6 Å². The van der Waals surface area contributed by atoms with Gasteiger partial charge in [-0.2, -0.15) is 8.78 Å². The molecule has 0 radical (unpaired) electrons. The molecule has 0 bridgehead atoms. The standard InChI is InChI=1S/C13H18F2N2O3/c1-3-4-7-16-13(18)17-9-5-6-10(19-2)11(8-9)20-12(14)15/h5-6,8,12H,3-4,7H2,1-2H3,(H2,16,17,18). The Morgan fingerprint density at radius 1 is 1.35 bits per heavy atom. The van der Waals surface area contributed by atoms with Crippen molar-refractivity contribution < 1.29 is 23.0 Å². The second-order valence-electron chi connectivity index (χ2n) is 3.98. The van der Waals surface area contributed by atoms with Crippen molar-refractivity contribution in [3.05, 3.63) is 18.2 Å². The summed E-state index contributed by atoms with van der Waals surface area (Å²) in [6, 6.07) is 3.87. The topological polar surface area (TPSA) is 59.6 Å². The van der Waals surface area contributed by atoms with Gasteiger partial charge in [-0.1, -0.05) is 13.3 Å². The first-order valence-electron chi connectivity index (χ1n) is 6.24. The van der Waals surface area contributed by atoms with Gasteiger partial charge in [0.25, 0.3) is 0 Å². The maximum Gasteiger partial charge on any atom is 0.387 e. The number of benzene rings is 1. The van der Waals surface area contributed by atoms with Crippen molar-refractivity contribution in [3.63, 3.8) is 0 Å². The Balaban J connectivity index is 2.68. The summed E-state index contributed by atoms with van der Waals surface area (Å²) in [4.78, 5) is 11.5. The highest BCUT2D eigenvalue weighted by atomic mass is 19.3. The van der Waals surface area contributed by atoms with E-state index in [0.29, 0.717) is 12.2 Å². The van der Waals surface area contributed by atoms with Gasteiger partial charge in [-0.3, -0.25) is 0 Å². The Morgan fingerprint density at radius 2 is 2.10 bits per heavy atom. The number of rotatable bonds is 7. The van der Waals surface area contributed by atoms with Crippen molar-refractivity contribution >= 4 is 11.7 Å². The molecule has 20 heavy (non-hydrogen) atoms. The Morgan fingerprint density at radius 3 is 2.70 bits per heavy atom. The molecule has 0 fully saturated rings. The number of halogens is 2. The van der Waals surface area contributed by atoms with Crippen LogP contribution >= 0.6 is 0 Å². The summed E-state index contributed by atoms with van der Waals surface area (Å²) in [5.41, 5.74) is 0.343. The number of alkyl halides is 2. The van der Waals surface area contributed by atoms with E-state index in [0.717, 1.165) is 12.8 Å². The van der Waals surface area contributed by atoms with Crippen molar-refractivity contribution in [2.45, 2.75) is 26.4 Å². The zero-order valence-electron chi connectivity index (χ0n) is 11.4. The second-order valence-corrected chi connectivity index (χ2v) is 3.98. The zero-order chi connectivity index (χ0) is 15.0. The van der Waals surface area contributed by atoms with Crippen LogP contribution in [0.25, 0.3) is 0 Å². The van der Waals surface area contributed by atoms with Gasteiger partial charge in [0.2, 0.25) is 0 Å². The maximum atomic E-state index is 12.3. The third kappa shape index (κ3) is 5.29. The third-order valence-corrected chi connectivity index (χ3v) is 2.45. The number of hydrogen-bond donors (Lipinski definition) is 2. The lowest BCUT2D eigenvalue weighted by atomic mass is 10.2. The van der Waals surface area contributed by atoms with Gasteiger partial charge >= 0.3 is 12.6 Å². The van der Waals surface area contributed by atoms with Gasteiger partial charge in [0, 0.05) is 18.3 Å². The van der Waals surface area contributed by atoms with E-state index in [-0.39, 0.29) is 11.5 Å². The maximum absolute atomic E-state index is 12.3. The minimum Gasteiger partial charge on any atom is -0.493 e. The molecule has 1 aromatic rings. The van der Waals surface area contributed by atoms with Crippen LogP contribution in [0.15, 0.2) is 18.2 Å². The molecule has 7 heteroatoms. The summed E-state index contributed by atoms with van der Waals surface area (Å²) in [6.07, 6.45) is 1.84. The molecule has 1 rings (SSSR count). The highest BCUT2D eigenvalue weighted by Crippen LogP contribution is 2.31. The van der Waals surface area contributed by atoms with Crippen LogP contribution in [0.5, 0.6) is 11.5 Å². The molecule has 0 unspecified atom stereocenters. The van der Waals surface area contributed by atoms with Gasteiger partial charge in [0.15, 0.2) is 11.5 Å². The molecule has 0 aromatic heterocycles. The molecule has 112 valence electrons. The molecule has 0 aliphatic heterocycles. The van der Waals surface area contributed by atoms with E-state index in [1.54, 1.807) is 0 Å². The average Bonchev–Trinajstić information content (AvgIpc) is 2.38. The van der Waals surface area contributed by atoms with E-state index < -0.39 is 12.6 Å². The number of methoxy groups -OCH3 is 1. The fraction of sp³-hybridized carbons (Fsp3) is 0.462. The lowest BCUT2D eigenvalue weighted by Crippen LogP contribution is -2.29. The summed E-state index contributed by atoms with van der Waals surface area (Å²) < 4.78 is 33.7. The van der Waals surface area contributed by atoms with Crippen molar-refractivity contribution in [2.75, 3.05) is 19.0 Å². The zero-order valence-corrected chi connectivity index (χ0v) is 11.4. The number of anilines is 1. The third-order valence-electron chi connectivity index (χ3n) is 2.45. The molecule has 2 amide bonds. The molecule has 0 aliphatic rings. The molecule has 0 atom stereocenters. The molecule has 0 heterocycles. The fourth-order valence-electron chi connectivity index (χ4n) is 1.50. The van der Waals surface area contributed by atoms with Gasteiger partial charge in [-0.25, -0.2) is 4.79 Å². The minimum atomic E-state index is -2.96. The Kier molecular flexibility index (Phi) is 6.55. The molecule has 0 saturated carbocycles. The van der Waals surface area contributed by atoms with Crippen molar-refractivity contribution in [3.8, 4) is 11.5 Å². The molecular formula is C13H18F2N2O3. The summed E-state index contributed by atoms with van der Waals surface area (Å²) in [5, 5.41) is 5.19. The van der Waals surface area contributed by atoms with Crippen LogP contribution in [-0.4, -0.2) is 26.3 Å². The highest BCUT2D eigenvalue weighted by molar-refractivity contribution is 5.89. The van der Waals surface area contributed by atoms with Crippen LogP contribution in [0, 0.1) is 0 Å². The second kappa shape index (κ2) is 8.19. The van der Waals surface area contributed by atoms with E-state index in [1.807, 2.05) is 6.92 Å². The van der Waals surface area contributed by atoms with Crippen LogP contribution < -0.4 is 20.1 Å². The van der Waals surface area contributed by atoms with Crippen LogP contribution in [0.2, 0.25) is 0 Å². The number of carbonyl (C=O) groups is 1. The van der Waals surface area contributed by atoms with E-state index in [2.05, 4.69) is 15.4 Å². The van der Waals surface area contributed by atoms with Gasteiger partial charge in [-0.15, -0.1) is 0 Å². The predicted molar refractivity (Wildman–Crippen MR) is 71.6 cm³/mol. The Hall–Kier alpha value is -2.05. The molecule has 0 aliphatic carbocycles. The van der Waals surface area contributed by atoms with Gasteiger partial charge < -0.3 is 20.1 Å². The van der Waals surface area contributed by atoms with Crippen molar-refractivity contribution in [2.24, 2.45) is 0 Å². The van der Waals surface area contributed by atoms with Gasteiger partial charge in [0.1, 0.15) is 0 Å². The predicted octanol–water partition coefficient (Wildman–Crippen LogP) is 3.22. The average molecular weight is 288 g/mol. The quantitative estimate of drug-likeness (QED) is 0.757. The van der Waals surface area contributed by atoms with Gasteiger partial charge in [0.05, 0.1) is 7.11 Å². The van der Waals surface area contributed by atoms with Crippen LogP contribution in [0.1, 0.15) is 19.8 Å². The van der Waals surface area contributed by atoms with E-state index >= 15 is 0 Å². The number of amides is 2. The summed E-state index contributed by atoms with van der Waals surface area (Å²) in [5.74, 6) is 0.0381. The first-order chi connectivity index (χ1) is 9.56. The lowest BCUT2D eigenvalue weighted by Gasteiger charge is -2.12. The monoisotopic (exact) mass is 288 g/mol. The number of nitrogens with one attached hydrogen (secondary N) is 2. The first kappa shape index (κ1) is 16.0. The number of unbranched alkanes of at least 4 members (excludes halogenated alkanes) is 1.